The molecular formula is C18H17F3N4O. The molecule has 136 valence electrons. The summed E-state index contributed by atoms with van der Waals surface area (Å²) in [5, 5.41) is 7.12. The summed E-state index contributed by atoms with van der Waals surface area (Å²) in [6.45, 7) is 4.69. The molecule has 2 heterocycles. The molecule has 0 saturated heterocycles. The minimum Gasteiger partial charge on any atom is -0.324 e. The van der Waals surface area contributed by atoms with E-state index in [-0.39, 0.29) is 23.1 Å². The van der Waals surface area contributed by atoms with Gasteiger partial charge in [-0.2, -0.15) is 5.10 Å². The van der Waals surface area contributed by atoms with Crippen molar-refractivity contribution in [2.24, 2.45) is 0 Å². The van der Waals surface area contributed by atoms with Crippen molar-refractivity contribution in [1.29, 1.82) is 0 Å². The Labute approximate surface area is 147 Å². The first kappa shape index (κ1) is 17.9. The Hall–Kier alpha value is -2.90. The number of carbonyl (C=O) groups is 1. The van der Waals surface area contributed by atoms with Crippen molar-refractivity contribution in [3.63, 3.8) is 0 Å². The number of fused-ring (bicyclic) bond motifs is 1. The van der Waals surface area contributed by atoms with Crippen molar-refractivity contribution in [1.82, 2.24) is 14.8 Å². The highest BCUT2D eigenvalue weighted by molar-refractivity contribution is 5.92. The Morgan fingerprint density at radius 1 is 1.23 bits per heavy atom. The third kappa shape index (κ3) is 3.40. The third-order valence-corrected chi connectivity index (χ3v) is 4.03. The number of hydrogen-bond acceptors (Lipinski definition) is 3. The molecule has 0 aliphatic heterocycles. The molecule has 0 saturated carbocycles. The molecule has 3 aromatic rings. The molecule has 2 aromatic heterocycles. The van der Waals surface area contributed by atoms with Gasteiger partial charge in [0, 0.05) is 16.9 Å². The molecule has 0 aliphatic rings. The number of amides is 1. The van der Waals surface area contributed by atoms with Crippen LogP contribution in [0.2, 0.25) is 0 Å². The first-order chi connectivity index (χ1) is 12.3. The first-order valence-electron chi connectivity index (χ1n) is 7.95. The summed E-state index contributed by atoms with van der Waals surface area (Å²) in [5.74, 6) is -0.806. The molecule has 1 amide bonds. The predicted molar refractivity (Wildman–Crippen MR) is 91.7 cm³/mol. The Morgan fingerprint density at radius 3 is 2.62 bits per heavy atom. The number of alkyl halides is 2. The van der Waals surface area contributed by atoms with Crippen LogP contribution in [0.4, 0.5) is 18.9 Å². The van der Waals surface area contributed by atoms with Crippen LogP contribution < -0.4 is 5.32 Å². The van der Waals surface area contributed by atoms with E-state index in [0.717, 1.165) is 0 Å². The van der Waals surface area contributed by atoms with E-state index in [1.165, 1.54) is 28.9 Å². The molecule has 3 rings (SSSR count). The second kappa shape index (κ2) is 6.78. The van der Waals surface area contributed by atoms with Gasteiger partial charge in [0.2, 0.25) is 5.91 Å². The fourth-order valence-corrected chi connectivity index (χ4v) is 2.89. The van der Waals surface area contributed by atoms with Crippen LogP contribution in [-0.2, 0) is 11.3 Å². The maximum absolute atomic E-state index is 13.3. The lowest BCUT2D eigenvalue weighted by atomic mass is 10.1. The summed E-state index contributed by atoms with van der Waals surface area (Å²) >= 11 is 0. The van der Waals surface area contributed by atoms with Gasteiger partial charge in [-0.3, -0.25) is 4.79 Å². The van der Waals surface area contributed by atoms with Crippen LogP contribution in [0.15, 0.2) is 24.3 Å². The molecule has 26 heavy (non-hydrogen) atoms. The van der Waals surface area contributed by atoms with Gasteiger partial charge in [0.05, 0.1) is 11.1 Å². The number of anilines is 1. The molecule has 0 aliphatic carbocycles. The topological polar surface area (TPSA) is 59.8 Å². The highest BCUT2D eigenvalue weighted by Gasteiger charge is 2.20. The predicted octanol–water partition coefficient (Wildman–Crippen LogP) is 4.07. The lowest BCUT2D eigenvalue weighted by Gasteiger charge is -2.09. The highest BCUT2D eigenvalue weighted by atomic mass is 19.3. The van der Waals surface area contributed by atoms with Crippen molar-refractivity contribution in [3.05, 3.63) is 52.6 Å². The van der Waals surface area contributed by atoms with E-state index < -0.39 is 18.1 Å². The van der Waals surface area contributed by atoms with Crippen molar-refractivity contribution in [3.8, 4) is 0 Å². The smallest absolute Gasteiger partial charge is 0.264 e. The number of hydrogen-bond donors (Lipinski definition) is 1. The van der Waals surface area contributed by atoms with Gasteiger partial charge in [0.25, 0.3) is 6.43 Å². The van der Waals surface area contributed by atoms with Gasteiger partial charge < -0.3 is 5.32 Å². The van der Waals surface area contributed by atoms with Gasteiger partial charge in [-0.15, -0.1) is 0 Å². The van der Waals surface area contributed by atoms with Gasteiger partial charge >= 0.3 is 0 Å². The second-order valence-electron chi connectivity index (χ2n) is 6.10. The van der Waals surface area contributed by atoms with Gasteiger partial charge in [-0.1, -0.05) is 0 Å². The van der Waals surface area contributed by atoms with Crippen molar-refractivity contribution in [2.45, 2.75) is 33.7 Å². The van der Waals surface area contributed by atoms with Crippen LogP contribution in [0.25, 0.3) is 11.0 Å². The van der Waals surface area contributed by atoms with E-state index in [1.54, 1.807) is 20.8 Å². The van der Waals surface area contributed by atoms with Crippen LogP contribution in [0.5, 0.6) is 0 Å². The summed E-state index contributed by atoms with van der Waals surface area (Å²) in [7, 11) is 0. The summed E-state index contributed by atoms with van der Waals surface area (Å²) in [6, 6.07) is 5.35. The summed E-state index contributed by atoms with van der Waals surface area (Å²) in [5.41, 5.74) is 1.95. The number of nitrogens with zero attached hydrogens (tertiary/aromatic N) is 3. The number of nitrogens with one attached hydrogen (secondary N) is 1. The van der Waals surface area contributed by atoms with Crippen molar-refractivity contribution in [2.75, 3.05) is 5.32 Å². The van der Waals surface area contributed by atoms with E-state index >= 15 is 0 Å². The quantitative estimate of drug-likeness (QED) is 0.761. The Bertz CT molecular complexity index is 998. The molecule has 1 N–H and O–H groups in total. The average Bonchev–Trinajstić information content (AvgIpc) is 2.85. The van der Waals surface area contributed by atoms with Crippen LogP contribution in [0.3, 0.4) is 0 Å². The largest absolute Gasteiger partial charge is 0.324 e. The number of aromatic nitrogens is 3. The number of aryl methyl sites for hydroxylation is 3. The standard InChI is InChI=1S/C18H17F3N4O/c1-9-6-12(19)4-5-14(9)23-15(26)8-25-18-16(11(3)24-25)13(17(20)21)7-10(2)22-18/h4-7,17H,8H2,1-3H3,(H,23,26). The monoisotopic (exact) mass is 362 g/mol. The Balaban J connectivity index is 1.92. The van der Waals surface area contributed by atoms with Crippen LogP contribution in [0.1, 0.15) is 28.9 Å². The SMILES string of the molecule is Cc1cc(C(F)F)c2c(C)nn(CC(=O)Nc3ccc(F)cc3C)c2n1. The maximum atomic E-state index is 13.3. The molecule has 0 spiro atoms. The van der Waals surface area contributed by atoms with E-state index in [9.17, 15) is 18.0 Å². The minimum absolute atomic E-state index is 0.147. The van der Waals surface area contributed by atoms with E-state index in [2.05, 4.69) is 15.4 Å². The van der Waals surface area contributed by atoms with Gasteiger partial charge in [0.1, 0.15) is 12.4 Å². The van der Waals surface area contributed by atoms with Crippen molar-refractivity contribution >= 4 is 22.6 Å². The third-order valence-electron chi connectivity index (χ3n) is 4.03. The minimum atomic E-state index is -2.66. The lowest BCUT2D eigenvalue weighted by Crippen LogP contribution is -2.20. The van der Waals surface area contributed by atoms with Gasteiger partial charge in [0.15, 0.2) is 5.65 Å². The van der Waals surface area contributed by atoms with E-state index in [4.69, 9.17) is 0 Å². The second-order valence-corrected chi connectivity index (χ2v) is 6.10. The fraction of sp³-hybridized carbons (Fsp3) is 0.278. The van der Waals surface area contributed by atoms with Crippen LogP contribution >= 0.6 is 0 Å². The van der Waals surface area contributed by atoms with Crippen molar-refractivity contribution < 1.29 is 18.0 Å². The number of benzene rings is 1. The molecule has 1 aromatic carbocycles. The number of carbonyl (C=O) groups excluding carboxylic acids is 1. The first-order valence-corrected chi connectivity index (χ1v) is 7.95. The molecule has 8 heteroatoms. The molecule has 0 unspecified atom stereocenters. The summed E-state index contributed by atoms with van der Waals surface area (Å²) in [4.78, 5) is 16.6. The van der Waals surface area contributed by atoms with E-state index in [0.29, 0.717) is 22.6 Å². The molecule has 5 nitrogen and oxygen atoms in total. The van der Waals surface area contributed by atoms with Crippen LogP contribution in [-0.4, -0.2) is 20.7 Å². The summed E-state index contributed by atoms with van der Waals surface area (Å²) < 4.78 is 41.1. The maximum Gasteiger partial charge on any atom is 0.264 e. The molecular weight excluding hydrogens is 345 g/mol. The number of rotatable bonds is 4. The zero-order chi connectivity index (χ0) is 19.0. The Morgan fingerprint density at radius 2 is 1.96 bits per heavy atom. The zero-order valence-electron chi connectivity index (χ0n) is 14.5. The van der Waals surface area contributed by atoms with E-state index in [1.807, 2.05) is 0 Å². The number of halogens is 3. The van der Waals surface area contributed by atoms with Gasteiger partial charge in [-0.25, -0.2) is 22.8 Å². The van der Waals surface area contributed by atoms with Crippen LogP contribution in [0, 0.1) is 26.6 Å². The molecule has 0 fully saturated rings. The fourth-order valence-electron chi connectivity index (χ4n) is 2.89. The van der Waals surface area contributed by atoms with Gasteiger partial charge in [-0.05, 0) is 50.6 Å². The molecule has 0 atom stereocenters. The highest BCUT2D eigenvalue weighted by Crippen LogP contribution is 2.30. The zero-order valence-corrected chi connectivity index (χ0v) is 14.5. The molecule has 0 radical (unpaired) electrons. The summed E-state index contributed by atoms with van der Waals surface area (Å²) in [6.07, 6.45) is -2.66. The normalized spacial score (nSPS) is 11.3. The number of pyridine rings is 1. The Kier molecular flexibility index (Phi) is 4.67. The lowest BCUT2D eigenvalue weighted by molar-refractivity contribution is -0.116. The average molecular weight is 362 g/mol. The molecule has 0 bridgehead atoms.